The van der Waals surface area contributed by atoms with Gasteiger partial charge in [-0.3, -0.25) is 10.1 Å². The van der Waals surface area contributed by atoms with Crippen molar-refractivity contribution in [1.29, 1.82) is 0 Å². The predicted octanol–water partition coefficient (Wildman–Crippen LogP) is 3.61. The fourth-order valence-electron chi connectivity index (χ4n) is 3.45. The molecule has 30 heavy (non-hydrogen) atoms. The first-order valence-corrected chi connectivity index (χ1v) is 9.46. The second kappa shape index (κ2) is 7.40. The smallest absolute Gasteiger partial charge is 0.159 e. The monoisotopic (exact) mass is 397 g/mol. The summed E-state index contributed by atoms with van der Waals surface area (Å²) in [4.78, 5) is 20.1. The summed E-state index contributed by atoms with van der Waals surface area (Å²) >= 11 is 0. The Kier molecular flexibility index (Phi) is 4.44. The zero-order chi connectivity index (χ0) is 20.5. The molecule has 0 fully saturated rings. The zero-order valence-electron chi connectivity index (χ0n) is 16.6. The average Bonchev–Trinajstić information content (AvgIpc) is 3.27. The maximum absolute atomic E-state index is 5.31. The van der Waals surface area contributed by atoms with E-state index in [0.717, 1.165) is 44.8 Å². The number of aromatic nitrogens is 6. The molecule has 0 amide bonds. The van der Waals surface area contributed by atoms with Crippen molar-refractivity contribution < 1.29 is 4.74 Å². The SMILES string of the molecule is COc1cccc(CN(C)c2cnc3cc(-c4ncnc5[nH]ncc45)ccc3n2)c1. The molecule has 0 bridgehead atoms. The Hall–Kier alpha value is -4.07. The second-order valence-corrected chi connectivity index (χ2v) is 6.99. The molecule has 1 N–H and O–H groups in total. The van der Waals surface area contributed by atoms with E-state index in [2.05, 4.69) is 36.1 Å². The van der Waals surface area contributed by atoms with Gasteiger partial charge in [0.05, 0.1) is 41.6 Å². The molecule has 8 heteroatoms. The van der Waals surface area contributed by atoms with Gasteiger partial charge in [0.2, 0.25) is 0 Å². The van der Waals surface area contributed by atoms with Crippen LogP contribution in [0.2, 0.25) is 0 Å². The number of anilines is 1. The van der Waals surface area contributed by atoms with E-state index in [0.29, 0.717) is 12.2 Å². The molecule has 3 aromatic heterocycles. The number of methoxy groups -OCH3 is 1. The Balaban J connectivity index is 1.45. The van der Waals surface area contributed by atoms with E-state index < -0.39 is 0 Å². The number of fused-ring (bicyclic) bond motifs is 2. The average molecular weight is 397 g/mol. The van der Waals surface area contributed by atoms with Crippen LogP contribution in [0.4, 0.5) is 5.82 Å². The molecule has 5 aromatic rings. The van der Waals surface area contributed by atoms with Crippen LogP contribution >= 0.6 is 0 Å². The van der Waals surface area contributed by atoms with E-state index in [9.17, 15) is 0 Å². The van der Waals surface area contributed by atoms with Gasteiger partial charge >= 0.3 is 0 Å². The minimum absolute atomic E-state index is 0.703. The summed E-state index contributed by atoms with van der Waals surface area (Å²) in [5.41, 5.74) is 5.25. The molecule has 0 aliphatic rings. The standard InChI is InChI=1S/C22H19N7O/c1-29(12-14-4-3-5-16(8-14)30-2)20-11-23-19-9-15(6-7-18(19)27-20)21-17-10-26-28-22(17)25-13-24-21/h3-11,13H,12H2,1-2H3,(H,24,25,26,28). The van der Waals surface area contributed by atoms with Crippen LogP contribution in [0.15, 0.2) is 61.2 Å². The van der Waals surface area contributed by atoms with Crippen molar-refractivity contribution in [2.24, 2.45) is 0 Å². The lowest BCUT2D eigenvalue weighted by atomic mass is 10.1. The minimum Gasteiger partial charge on any atom is -0.497 e. The van der Waals surface area contributed by atoms with Crippen LogP contribution in [-0.4, -0.2) is 44.3 Å². The Bertz CT molecular complexity index is 1350. The van der Waals surface area contributed by atoms with Crippen LogP contribution in [0.1, 0.15) is 5.56 Å². The van der Waals surface area contributed by atoms with Gasteiger partial charge in [-0.25, -0.2) is 15.0 Å². The van der Waals surface area contributed by atoms with Crippen molar-refractivity contribution in [2.75, 3.05) is 19.1 Å². The first kappa shape index (κ1) is 18.0. The van der Waals surface area contributed by atoms with Crippen LogP contribution < -0.4 is 9.64 Å². The molecule has 148 valence electrons. The first-order chi connectivity index (χ1) is 14.7. The molecule has 0 spiro atoms. The molecule has 0 aliphatic carbocycles. The van der Waals surface area contributed by atoms with E-state index in [1.165, 1.54) is 6.33 Å². The zero-order valence-corrected chi connectivity index (χ0v) is 16.6. The van der Waals surface area contributed by atoms with Crippen molar-refractivity contribution in [3.8, 4) is 17.0 Å². The lowest BCUT2D eigenvalue weighted by molar-refractivity contribution is 0.414. The van der Waals surface area contributed by atoms with Crippen molar-refractivity contribution >= 4 is 27.9 Å². The van der Waals surface area contributed by atoms with Gasteiger partial charge in [-0.1, -0.05) is 18.2 Å². The van der Waals surface area contributed by atoms with Crippen molar-refractivity contribution in [3.63, 3.8) is 0 Å². The lowest BCUT2D eigenvalue weighted by Gasteiger charge is -2.18. The van der Waals surface area contributed by atoms with E-state index in [1.54, 1.807) is 19.5 Å². The molecule has 2 aromatic carbocycles. The molecule has 0 radical (unpaired) electrons. The molecular formula is C22H19N7O. The van der Waals surface area contributed by atoms with Crippen molar-refractivity contribution in [2.45, 2.75) is 6.54 Å². The maximum Gasteiger partial charge on any atom is 0.159 e. The minimum atomic E-state index is 0.703. The number of ether oxygens (including phenoxy) is 1. The third kappa shape index (κ3) is 3.28. The fraction of sp³-hybridized carbons (Fsp3) is 0.136. The third-order valence-electron chi connectivity index (χ3n) is 5.00. The second-order valence-electron chi connectivity index (χ2n) is 6.99. The Labute approximate surface area is 172 Å². The van der Waals surface area contributed by atoms with Gasteiger partial charge in [0.1, 0.15) is 17.9 Å². The summed E-state index contributed by atoms with van der Waals surface area (Å²) in [5.74, 6) is 1.65. The van der Waals surface area contributed by atoms with Crippen LogP contribution in [0.25, 0.3) is 33.3 Å². The number of hydrogen-bond acceptors (Lipinski definition) is 7. The molecule has 5 rings (SSSR count). The summed E-state index contributed by atoms with van der Waals surface area (Å²) < 4.78 is 5.31. The van der Waals surface area contributed by atoms with E-state index in [1.807, 2.05) is 43.4 Å². The number of aromatic amines is 1. The van der Waals surface area contributed by atoms with Crippen LogP contribution in [0.3, 0.4) is 0 Å². The first-order valence-electron chi connectivity index (χ1n) is 9.46. The molecule has 0 aliphatic heterocycles. The van der Waals surface area contributed by atoms with Gasteiger partial charge in [-0.2, -0.15) is 5.10 Å². The Morgan fingerprint density at radius 3 is 2.83 bits per heavy atom. The topological polar surface area (TPSA) is 92.7 Å². The predicted molar refractivity (Wildman–Crippen MR) is 115 cm³/mol. The molecule has 0 saturated carbocycles. The number of H-pyrrole nitrogens is 1. The van der Waals surface area contributed by atoms with Gasteiger partial charge in [0.15, 0.2) is 5.65 Å². The Morgan fingerprint density at radius 2 is 1.93 bits per heavy atom. The highest BCUT2D eigenvalue weighted by Gasteiger charge is 2.11. The quantitative estimate of drug-likeness (QED) is 0.484. The number of hydrogen-bond donors (Lipinski definition) is 1. The molecule has 0 atom stereocenters. The summed E-state index contributed by atoms with van der Waals surface area (Å²) in [6, 6.07) is 14.0. The molecule has 3 heterocycles. The largest absolute Gasteiger partial charge is 0.497 e. The number of rotatable bonds is 5. The van der Waals surface area contributed by atoms with Crippen molar-refractivity contribution in [1.82, 2.24) is 30.1 Å². The highest BCUT2D eigenvalue weighted by atomic mass is 16.5. The van der Waals surface area contributed by atoms with E-state index in [-0.39, 0.29) is 0 Å². The van der Waals surface area contributed by atoms with Gasteiger partial charge in [-0.15, -0.1) is 0 Å². The van der Waals surface area contributed by atoms with Crippen LogP contribution in [0.5, 0.6) is 5.75 Å². The van der Waals surface area contributed by atoms with Crippen LogP contribution in [-0.2, 0) is 6.54 Å². The molecule has 0 saturated heterocycles. The highest BCUT2D eigenvalue weighted by Crippen LogP contribution is 2.27. The summed E-state index contributed by atoms with van der Waals surface area (Å²) in [6.45, 7) is 0.703. The van der Waals surface area contributed by atoms with Crippen molar-refractivity contribution in [3.05, 3.63) is 66.7 Å². The van der Waals surface area contributed by atoms with Gasteiger partial charge in [0.25, 0.3) is 0 Å². The number of nitrogens with zero attached hydrogens (tertiary/aromatic N) is 6. The lowest BCUT2D eigenvalue weighted by Crippen LogP contribution is -2.18. The van der Waals surface area contributed by atoms with Gasteiger partial charge < -0.3 is 9.64 Å². The third-order valence-corrected chi connectivity index (χ3v) is 5.00. The maximum atomic E-state index is 5.31. The Morgan fingerprint density at radius 1 is 1.00 bits per heavy atom. The van der Waals surface area contributed by atoms with Gasteiger partial charge in [0, 0.05) is 19.2 Å². The van der Waals surface area contributed by atoms with E-state index in [4.69, 9.17) is 9.72 Å². The molecular weight excluding hydrogens is 378 g/mol. The summed E-state index contributed by atoms with van der Waals surface area (Å²) in [5, 5.41) is 7.80. The molecule has 8 nitrogen and oxygen atoms in total. The summed E-state index contributed by atoms with van der Waals surface area (Å²) in [6.07, 6.45) is 5.05. The van der Waals surface area contributed by atoms with Crippen LogP contribution in [0, 0.1) is 0 Å². The van der Waals surface area contributed by atoms with E-state index >= 15 is 0 Å². The summed E-state index contributed by atoms with van der Waals surface area (Å²) in [7, 11) is 3.67. The fourth-order valence-corrected chi connectivity index (χ4v) is 3.45. The number of benzene rings is 2. The normalized spacial score (nSPS) is 11.1. The number of nitrogens with one attached hydrogen (secondary N) is 1. The van der Waals surface area contributed by atoms with Gasteiger partial charge in [-0.05, 0) is 29.8 Å². The molecule has 0 unspecified atom stereocenters. The highest BCUT2D eigenvalue weighted by molar-refractivity contribution is 5.92.